The van der Waals surface area contributed by atoms with Crippen LogP contribution in [-0.2, 0) is 10.8 Å². The highest BCUT2D eigenvalue weighted by atomic mass is 15.4. The maximum atomic E-state index is 2.72. The Bertz CT molecular complexity index is 6350. The number of allylic oxidation sites excluding steroid dienone is 2. The van der Waals surface area contributed by atoms with Crippen LogP contribution in [0.25, 0.3) is 184 Å². The highest BCUT2D eigenvalue weighted by molar-refractivity contribution is 6.71. The first kappa shape index (κ1) is 27.1. The van der Waals surface area contributed by atoms with Crippen LogP contribution in [0.1, 0.15) is 125 Å². The Hall–Kier alpha value is -6.58. The zero-order chi connectivity index (χ0) is 42.2. The van der Waals surface area contributed by atoms with E-state index in [-0.39, 0.29) is 21.7 Å². The van der Waals surface area contributed by atoms with Gasteiger partial charge in [0, 0.05) is 35.5 Å². The summed E-state index contributed by atoms with van der Waals surface area (Å²) in [5.41, 5.74) is 42.3. The molecule has 306 valence electrons. The molecular weight excluding hydrogens is 845 g/mol. The van der Waals surface area contributed by atoms with Crippen LogP contribution in [0.5, 0.6) is 0 Å². The van der Waals surface area contributed by atoms with Gasteiger partial charge in [-0.15, -0.1) is 0 Å². The molecule has 2 saturated heterocycles. The van der Waals surface area contributed by atoms with E-state index in [2.05, 4.69) is 28.2 Å². The molecule has 2 nitrogen and oxygen atoms in total. The number of hydrogen-bond donors (Lipinski definition) is 0. The molecule has 34 rings (SSSR count). The fourth-order valence-electron chi connectivity index (χ4n) is 30.6. The average molecular weight is 871 g/mol. The number of likely N-dealkylation sites (N-methyl/N-ethyl adjacent to an activating group) is 2. The minimum absolute atomic E-state index is 0.0118. The van der Waals surface area contributed by atoms with E-state index >= 15 is 0 Å². The van der Waals surface area contributed by atoms with Crippen LogP contribution in [0, 0.1) is 10.8 Å². The predicted octanol–water partition coefficient (Wildman–Crippen LogP) is 13.5. The molecule has 16 aliphatic carbocycles. The van der Waals surface area contributed by atoms with Gasteiger partial charge in [-0.25, -0.2) is 0 Å². The van der Waals surface area contributed by atoms with Crippen LogP contribution in [0.2, 0.25) is 0 Å². The van der Waals surface area contributed by atoms with Gasteiger partial charge in [0.05, 0.1) is 76.0 Å². The van der Waals surface area contributed by atoms with Crippen LogP contribution in [0.3, 0.4) is 0 Å². The van der Waals surface area contributed by atoms with Crippen molar-refractivity contribution in [1.82, 2.24) is 0 Å². The lowest BCUT2D eigenvalue weighted by atomic mass is 9.41. The average Bonchev–Trinajstić information content (AvgIpc) is 4.34. The number of nitrogens with zero attached hydrogens (tertiary/aromatic N) is 2. The second-order valence-corrected chi connectivity index (χ2v) is 30.3. The first-order valence-electron chi connectivity index (χ1n) is 27.7. The van der Waals surface area contributed by atoms with Crippen molar-refractivity contribution >= 4 is 173 Å². The lowest BCUT2D eigenvalue weighted by Gasteiger charge is -2.58. The second kappa shape index (κ2) is 5.80. The molecule has 0 amide bonds. The van der Waals surface area contributed by atoms with Crippen LogP contribution < -0.4 is 0 Å². The number of hydrogen-bond acceptors (Lipinski definition) is 0. The van der Waals surface area contributed by atoms with E-state index < -0.39 is 0 Å². The SMILES string of the molecule is C[N+]1(C)C[C@]23c4c5c6c7c8c9c%10c%11c%12c%13c%14c%15c%16c%17c%18c%19c%20c%21c(c2c2c4c4c6c9c6c4c4c2c%21c2c(c%16%20)c%15c9c%13c%10c6c9c24)[C@@H]%19[C@H]2c4c6c9c%10c(c4-%18)[C@@H]%17[C@@H]%14C%12=C%10[C@]4(C[N+](C)(C)C[C@@]8%114)[C@H]9[C@@H]7C5=C6[C@]23C1. The minimum Gasteiger partial charge on any atom is -0.327 e. The molecule has 0 N–H and O–H groups in total. The third-order valence-corrected chi connectivity index (χ3v) is 29.1. The molecule has 0 bridgehead atoms. The molecule has 70 heavy (non-hydrogen) atoms. The van der Waals surface area contributed by atoms with Crippen LogP contribution >= 0.6 is 0 Å². The fourth-order valence-corrected chi connectivity index (χ4v) is 30.6. The fraction of sp³-hybridized carbons (Fsp3) is 0.265. The highest BCUT2D eigenvalue weighted by Crippen LogP contribution is 2.97. The Balaban J connectivity index is 1.13. The van der Waals surface area contributed by atoms with Crippen LogP contribution in [0.15, 0.2) is 0 Å². The summed E-state index contributed by atoms with van der Waals surface area (Å²) in [6, 6.07) is 0. The van der Waals surface area contributed by atoms with Crippen molar-refractivity contribution in [2.45, 2.75) is 46.3 Å². The second-order valence-electron chi connectivity index (χ2n) is 30.3. The van der Waals surface area contributed by atoms with Crippen molar-refractivity contribution in [3.63, 3.8) is 0 Å². The molecule has 2 heteroatoms. The van der Waals surface area contributed by atoms with E-state index in [1.807, 2.05) is 149 Å². The summed E-state index contributed by atoms with van der Waals surface area (Å²) in [5.74, 6) is 2.94. The third-order valence-electron chi connectivity index (χ3n) is 29.1. The van der Waals surface area contributed by atoms with Gasteiger partial charge in [0.25, 0.3) is 0 Å². The van der Waals surface area contributed by atoms with Crippen molar-refractivity contribution in [2.75, 3.05) is 54.4 Å². The Labute approximate surface area is 391 Å². The van der Waals surface area contributed by atoms with E-state index in [4.69, 9.17) is 0 Å². The zero-order valence-electron chi connectivity index (χ0n) is 38.2. The van der Waals surface area contributed by atoms with Gasteiger partial charge in [0.2, 0.25) is 0 Å². The Kier molecular flexibility index (Phi) is 2.25. The molecule has 4 spiro atoms. The summed E-state index contributed by atoms with van der Waals surface area (Å²) in [4.78, 5) is 0. The summed E-state index contributed by atoms with van der Waals surface area (Å²) in [5, 5.41) is 49.8. The lowest BCUT2D eigenvalue weighted by Crippen LogP contribution is -2.56. The molecule has 2 aliphatic heterocycles. The van der Waals surface area contributed by atoms with Gasteiger partial charge < -0.3 is 8.97 Å². The molecule has 10 atom stereocenters. The number of quaternary nitrogens is 2. The van der Waals surface area contributed by atoms with Crippen molar-refractivity contribution in [1.29, 1.82) is 0 Å². The van der Waals surface area contributed by atoms with Gasteiger partial charge in [-0.05, 0) is 273 Å². The standard InChI is InChI=1S/C68H26N2/c1-69(2)5-65-57-41-30-19-12-13-17-10-9-14-11-15(10)26-35-24(17)31-20(13)22-21(19)32-29-33(22)44-42(31)58-46(35)48-37(26)28-18(11)27-36-25(14)34(23(30)16(9)12)45(57)47(36)59-49-38(27)39(28)50-54-53(49)63(67(59,65)7-69)55-51(61(65)43(32)41)40(29)52-56(55)64(54)68(60(48)50)8-70(3,4)6-66(58,68)62(44)52/h27,36,48,55,60,63H,5-8H2,1-4H3/q+2/t27-,36+,48+,55-,60-,63+,65-,66+,67+,68-/m0/s1. The first-order valence-corrected chi connectivity index (χ1v) is 27.7. The molecule has 16 aromatic carbocycles. The maximum Gasteiger partial charge on any atom is 0.0934 e. The maximum absolute atomic E-state index is 2.72. The Morgan fingerprint density at radius 3 is 1.23 bits per heavy atom. The quantitative estimate of drug-likeness (QED) is 0.105. The minimum atomic E-state index is -0.0118. The predicted molar refractivity (Wildman–Crippen MR) is 278 cm³/mol. The molecule has 0 radical (unpaired) electrons. The van der Waals surface area contributed by atoms with Gasteiger partial charge in [0.1, 0.15) is 0 Å². The molecule has 0 unspecified atom stereocenters. The monoisotopic (exact) mass is 870 g/mol. The molecule has 18 aliphatic rings. The highest BCUT2D eigenvalue weighted by Gasteiger charge is 2.88. The number of rotatable bonds is 0. The van der Waals surface area contributed by atoms with Crippen molar-refractivity contribution in [2.24, 2.45) is 10.8 Å². The smallest absolute Gasteiger partial charge is 0.0934 e. The van der Waals surface area contributed by atoms with E-state index in [0.717, 1.165) is 8.97 Å². The summed E-state index contributed by atoms with van der Waals surface area (Å²) in [6.07, 6.45) is 0. The summed E-state index contributed by atoms with van der Waals surface area (Å²) in [7, 11) is 10.9. The van der Waals surface area contributed by atoms with E-state index in [1.54, 1.807) is 124 Å². The topological polar surface area (TPSA) is 0 Å². The first-order chi connectivity index (χ1) is 34.3. The van der Waals surface area contributed by atoms with Crippen LogP contribution in [0.4, 0.5) is 0 Å². The molecule has 0 aromatic heterocycles. The van der Waals surface area contributed by atoms with Crippen LogP contribution in [-0.4, -0.2) is 63.3 Å². The molecule has 0 saturated carbocycles. The van der Waals surface area contributed by atoms with E-state index in [0.29, 0.717) is 35.5 Å². The molecule has 2 heterocycles. The summed E-state index contributed by atoms with van der Waals surface area (Å²) in [6.45, 7) is 5.11. The van der Waals surface area contributed by atoms with Crippen molar-refractivity contribution in [3.8, 4) is 11.1 Å². The molecule has 2 fully saturated rings. The normalized spacial score (nSPS) is 38.4. The van der Waals surface area contributed by atoms with Gasteiger partial charge >= 0.3 is 0 Å². The van der Waals surface area contributed by atoms with Gasteiger partial charge in [-0.3, -0.25) is 0 Å². The number of likely N-dealkylation sites (tertiary alicyclic amines) is 2. The lowest BCUT2D eigenvalue weighted by molar-refractivity contribution is -0.881. The number of benzene rings is 12. The third kappa shape index (κ3) is 1.38. The Morgan fingerprint density at radius 1 is 0.271 bits per heavy atom. The van der Waals surface area contributed by atoms with E-state index in [1.165, 1.54) is 26.2 Å². The molecular formula is C68H26N2+2. The van der Waals surface area contributed by atoms with Gasteiger partial charge in [-0.1, -0.05) is 0 Å². The molecule has 16 aromatic rings. The summed E-state index contributed by atoms with van der Waals surface area (Å²) >= 11 is 0. The zero-order valence-corrected chi connectivity index (χ0v) is 38.2. The van der Waals surface area contributed by atoms with Gasteiger partial charge in [0.15, 0.2) is 0 Å². The van der Waals surface area contributed by atoms with Crippen molar-refractivity contribution < 1.29 is 8.97 Å². The Morgan fingerprint density at radius 2 is 0.643 bits per heavy atom. The summed E-state index contributed by atoms with van der Waals surface area (Å²) < 4.78 is 2.29. The van der Waals surface area contributed by atoms with Gasteiger partial charge in [-0.2, -0.15) is 0 Å². The van der Waals surface area contributed by atoms with E-state index in [9.17, 15) is 0 Å². The largest absolute Gasteiger partial charge is 0.327 e. The van der Waals surface area contributed by atoms with Crippen molar-refractivity contribution in [3.05, 3.63) is 89.0 Å².